The summed E-state index contributed by atoms with van der Waals surface area (Å²) in [6.07, 6.45) is 0. The molecular weight excluding hydrogens is 357 g/mol. The molecule has 76 valence electrons. The predicted octanol–water partition coefficient (Wildman–Crippen LogP) is 3.04. The molecule has 14 heavy (non-hydrogen) atoms. The number of carbonyl (C=O) groups excluding carboxylic acids is 1. The molecule has 1 unspecified atom stereocenters. The molecule has 0 aliphatic rings. The van der Waals surface area contributed by atoms with Gasteiger partial charge in [-0.1, -0.05) is 15.9 Å². The molecule has 0 bridgehead atoms. The number of hydrogen-bond acceptors (Lipinski definition) is 1. The van der Waals surface area contributed by atoms with Gasteiger partial charge in [-0.05, 0) is 53.8 Å². The predicted molar refractivity (Wildman–Crippen MR) is 71.0 cm³/mol. The van der Waals surface area contributed by atoms with E-state index in [1.54, 1.807) is 11.9 Å². The van der Waals surface area contributed by atoms with E-state index in [-0.39, 0.29) is 10.7 Å². The van der Waals surface area contributed by atoms with Gasteiger partial charge in [0.15, 0.2) is 0 Å². The first kappa shape index (κ1) is 12.0. The number of anilines is 1. The summed E-state index contributed by atoms with van der Waals surface area (Å²) in [4.78, 5) is 13.1. The van der Waals surface area contributed by atoms with E-state index < -0.39 is 0 Å². The normalized spacial score (nSPS) is 12.3. The number of amides is 1. The van der Waals surface area contributed by atoms with E-state index in [1.165, 1.54) is 3.57 Å². The average molecular weight is 368 g/mol. The summed E-state index contributed by atoms with van der Waals surface area (Å²) in [6.45, 7) is 1.82. The van der Waals surface area contributed by atoms with Crippen LogP contribution in [0.25, 0.3) is 0 Å². The molecule has 0 saturated carbocycles. The van der Waals surface area contributed by atoms with Crippen LogP contribution >= 0.6 is 38.5 Å². The largest absolute Gasteiger partial charge is 0.315 e. The van der Waals surface area contributed by atoms with Crippen molar-refractivity contribution in [1.29, 1.82) is 0 Å². The second-order valence-electron chi connectivity index (χ2n) is 2.99. The van der Waals surface area contributed by atoms with Gasteiger partial charge in [-0.3, -0.25) is 4.79 Å². The molecule has 0 spiro atoms. The molecule has 4 heteroatoms. The third kappa shape index (κ3) is 2.95. The number of nitrogens with zero attached hydrogens (tertiary/aromatic N) is 1. The van der Waals surface area contributed by atoms with Gasteiger partial charge in [0.1, 0.15) is 0 Å². The second-order valence-corrected chi connectivity index (χ2v) is 5.61. The number of halogens is 2. The molecule has 2 nitrogen and oxygen atoms in total. The first-order valence-electron chi connectivity index (χ1n) is 4.19. The van der Waals surface area contributed by atoms with Crippen molar-refractivity contribution in [1.82, 2.24) is 0 Å². The van der Waals surface area contributed by atoms with Crippen LogP contribution in [0.15, 0.2) is 24.3 Å². The summed E-state index contributed by atoms with van der Waals surface area (Å²) < 4.78 is 1.17. The van der Waals surface area contributed by atoms with Crippen molar-refractivity contribution in [2.24, 2.45) is 0 Å². The van der Waals surface area contributed by atoms with Crippen LogP contribution in [-0.4, -0.2) is 17.8 Å². The molecule has 0 heterocycles. The Morgan fingerprint density at radius 1 is 1.43 bits per heavy atom. The zero-order valence-electron chi connectivity index (χ0n) is 8.00. The van der Waals surface area contributed by atoms with E-state index in [2.05, 4.69) is 38.5 Å². The van der Waals surface area contributed by atoms with Gasteiger partial charge < -0.3 is 4.90 Å². The molecule has 1 aromatic rings. The quantitative estimate of drug-likeness (QED) is 0.581. The van der Waals surface area contributed by atoms with Crippen LogP contribution < -0.4 is 4.90 Å². The fourth-order valence-corrected chi connectivity index (χ4v) is 1.73. The van der Waals surface area contributed by atoms with Crippen LogP contribution in [0.2, 0.25) is 0 Å². The van der Waals surface area contributed by atoms with E-state index in [9.17, 15) is 4.79 Å². The minimum absolute atomic E-state index is 0.0613. The Hall–Kier alpha value is -0.100. The Kier molecular flexibility index (Phi) is 4.37. The van der Waals surface area contributed by atoms with Crippen molar-refractivity contribution in [3.8, 4) is 0 Å². The summed E-state index contributed by atoms with van der Waals surface area (Å²) in [5.41, 5.74) is 0.918. The average Bonchev–Trinajstić information content (AvgIpc) is 2.16. The molecule has 0 aromatic heterocycles. The highest BCUT2D eigenvalue weighted by molar-refractivity contribution is 14.1. The summed E-state index contributed by atoms with van der Waals surface area (Å²) in [7, 11) is 1.78. The fraction of sp³-hybridized carbons (Fsp3) is 0.300. The molecule has 0 radical (unpaired) electrons. The second kappa shape index (κ2) is 5.11. The van der Waals surface area contributed by atoms with Crippen molar-refractivity contribution in [2.45, 2.75) is 11.8 Å². The lowest BCUT2D eigenvalue weighted by molar-refractivity contribution is -0.117. The fourth-order valence-electron chi connectivity index (χ4n) is 1.06. The molecule has 1 amide bonds. The summed E-state index contributed by atoms with van der Waals surface area (Å²) in [6, 6.07) is 7.85. The maximum absolute atomic E-state index is 11.6. The van der Waals surface area contributed by atoms with Gasteiger partial charge in [0.05, 0.1) is 4.83 Å². The maximum Gasteiger partial charge on any atom is 0.240 e. The molecule has 1 atom stereocenters. The lowest BCUT2D eigenvalue weighted by Crippen LogP contribution is -2.31. The lowest BCUT2D eigenvalue weighted by Gasteiger charge is -2.18. The smallest absolute Gasteiger partial charge is 0.240 e. The van der Waals surface area contributed by atoms with Crippen molar-refractivity contribution in [2.75, 3.05) is 11.9 Å². The number of alkyl halides is 1. The Balaban J connectivity index is 2.84. The van der Waals surface area contributed by atoms with Gasteiger partial charge in [-0.2, -0.15) is 0 Å². The third-order valence-electron chi connectivity index (χ3n) is 1.88. The van der Waals surface area contributed by atoms with E-state index in [0.717, 1.165) is 5.69 Å². The van der Waals surface area contributed by atoms with E-state index >= 15 is 0 Å². The summed E-state index contributed by atoms with van der Waals surface area (Å²) in [5.74, 6) is 0.0613. The van der Waals surface area contributed by atoms with Crippen LogP contribution in [0.4, 0.5) is 5.69 Å². The van der Waals surface area contributed by atoms with Gasteiger partial charge in [-0.25, -0.2) is 0 Å². The molecule has 1 aromatic carbocycles. The number of hydrogen-bond donors (Lipinski definition) is 0. The Morgan fingerprint density at radius 3 is 2.36 bits per heavy atom. The monoisotopic (exact) mass is 367 g/mol. The Morgan fingerprint density at radius 2 is 1.93 bits per heavy atom. The van der Waals surface area contributed by atoms with Crippen LogP contribution in [0.5, 0.6) is 0 Å². The number of carbonyl (C=O) groups is 1. The lowest BCUT2D eigenvalue weighted by atomic mass is 10.3. The van der Waals surface area contributed by atoms with Crippen LogP contribution in [0.1, 0.15) is 6.92 Å². The van der Waals surface area contributed by atoms with Gasteiger partial charge in [0.2, 0.25) is 5.91 Å². The molecule has 0 aliphatic carbocycles. The standard InChI is InChI=1S/C10H11BrINO/c1-7(11)10(14)13(2)9-5-3-8(12)4-6-9/h3-7H,1-2H3. The van der Waals surface area contributed by atoms with Gasteiger partial charge in [-0.15, -0.1) is 0 Å². The number of benzene rings is 1. The third-order valence-corrected chi connectivity index (χ3v) is 3.00. The van der Waals surface area contributed by atoms with E-state index in [4.69, 9.17) is 0 Å². The SMILES string of the molecule is CC(Br)C(=O)N(C)c1ccc(I)cc1. The first-order chi connectivity index (χ1) is 6.52. The van der Waals surface area contributed by atoms with Crippen LogP contribution in [-0.2, 0) is 4.79 Å². The number of rotatable bonds is 2. The van der Waals surface area contributed by atoms with Crippen molar-refractivity contribution < 1.29 is 4.79 Å². The summed E-state index contributed by atoms with van der Waals surface area (Å²) in [5, 5.41) is 0. The highest BCUT2D eigenvalue weighted by atomic mass is 127. The molecule has 0 N–H and O–H groups in total. The molecule has 0 fully saturated rings. The Bertz CT molecular complexity index is 323. The molecular formula is C10H11BrINO. The van der Waals surface area contributed by atoms with Gasteiger partial charge in [0.25, 0.3) is 0 Å². The van der Waals surface area contributed by atoms with Crippen LogP contribution in [0.3, 0.4) is 0 Å². The van der Waals surface area contributed by atoms with Crippen molar-refractivity contribution in [3.63, 3.8) is 0 Å². The topological polar surface area (TPSA) is 20.3 Å². The Labute approximate surface area is 106 Å². The summed E-state index contributed by atoms with van der Waals surface area (Å²) >= 11 is 5.50. The molecule has 0 aliphatic heterocycles. The van der Waals surface area contributed by atoms with Crippen molar-refractivity contribution in [3.05, 3.63) is 27.8 Å². The first-order valence-corrected chi connectivity index (χ1v) is 6.19. The minimum atomic E-state index is -0.147. The highest BCUT2D eigenvalue weighted by Gasteiger charge is 2.15. The van der Waals surface area contributed by atoms with E-state index in [1.807, 2.05) is 31.2 Å². The van der Waals surface area contributed by atoms with Gasteiger partial charge >= 0.3 is 0 Å². The zero-order chi connectivity index (χ0) is 10.7. The molecule has 0 saturated heterocycles. The maximum atomic E-state index is 11.6. The van der Waals surface area contributed by atoms with Crippen molar-refractivity contribution >= 4 is 50.1 Å². The zero-order valence-corrected chi connectivity index (χ0v) is 11.7. The minimum Gasteiger partial charge on any atom is -0.315 e. The highest BCUT2D eigenvalue weighted by Crippen LogP contribution is 2.17. The van der Waals surface area contributed by atoms with Crippen LogP contribution in [0, 0.1) is 3.57 Å². The van der Waals surface area contributed by atoms with E-state index in [0.29, 0.717) is 0 Å². The van der Waals surface area contributed by atoms with Gasteiger partial charge in [0, 0.05) is 16.3 Å². The molecule has 1 rings (SSSR count).